The number of aryl methyl sites for hydroxylation is 1. The van der Waals surface area contributed by atoms with E-state index in [4.69, 9.17) is 0 Å². The molecule has 1 unspecified atom stereocenters. The van der Waals surface area contributed by atoms with Crippen LogP contribution in [-0.2, 0) is 17.1 Å². The molecule has 0 radical (unpaired) electrons. The second-order valence-electron chi connectivity index (χ2n) is 11.9. The Morgan fingerprint density at radius 1 is 0.955 bits per heavy atom. The van der Waals surface area contributed by atoms with E-state index in [9.17, 15) is 45.4 Å². The second-order valence-corrected chi connectivity index (χ2v) is 11.9. The maximum absolute atomic E-state index is 14.0. The standard InChI is InChI=1S/C31H36F7N3O3/c1-18-12-25(32)8-9-26(18)27-17-40(16-20-4-6-21(7-5-20)28(42)43)10-11-41(27)29(44)39(3)19(2)22-13-23(30(33,34)35)15-24(14-22)31(36,37)38/h8-9,12-15,19-21,27H,4-7,10-11,16-17H2,1-3H3,(H,42,43)/t19?,20?,21?,27-/m1/s1. The third-order valence-corrected chi connectivity index (χ3v) is 8.99. The van der Waals surface area contributed by atoms with E-state index in [1.165, 1.54) is 31.0 Å². The first-order valence-corrected chi connectivity index (χ1v) is 14.5. The molecule has 1 saturated heterocycles. The van der Waals surface area contributed by atoms with Gasteiger partial charge in [-0.2, -0.15) is 26.3 Å². The number of carbonyl (C=O) groups excluding carboxylic acids is 1. The Hall–Kier alpha value is -3.35. The summed E-state index contributed by atoms with van der Waals surface area (Å²) in [5, 5.41) is 9.31. The molecule has 1 saturated carbocycles. The lowest BCUT2D eigenvalue weighted by Gasteiger charge is -2.45. The highest BCUT2D eigenvalue weighted by molar-refractivity contribution is 5.75. The van der Waals surface area contributed by atoms with Gasteiger partial charge in [0.2, 0.25) is 0 Å². The van der Waals surface area contributed by atoms with Crippen LogP contribution in [0.5, 0.6) is 0 Å². The molecule has 2 aromatic carbocycles. The Balaban J connectivity index is 1.58. The Morgan fingerprint density at radius 2 is 1.55 bits per heavy atom. The number of amides is 2. The van der Waals surface area contributed by atoms with Crippen molar-refractivity contribution in [1.82, 2.24) is 14.7 Å². The van der Waals surface area contributed by atoms with Gasteiger partial charge in [0.1, 0.15) is 5.82 Å². The molecular weight excluding hydrogens is 595 g/mol. The van der Waals surface area contributed by atoms with Crippen LogP contribution in [0.15, 0.2) is 36.4 Å². The molecule has 0 bridgehead atoms. The fourth-order valence-electron chi connectivity index (χ4n) is 6.28. The van der Waals surface area contributed by atoms with Crippen LogP contribution in [0.2, 0.25) is 0 Å². The number of piperazine rings is 1. The van der Waals surface area contributed by atoms with Crippen molar-refractivity contribution in [2.45, 2.75) is 64.0 Å². The van der Waals surface area contributed by atoms with Crippen molar-refractivity contribution < 1.29 is 45.4 Å². The number of hydrogen-bond donors (Lipinski definition) is 1. The molecule has 0 aromatic heterocycles. The van der Waals surface area contributed by atoms with Crippen molar-refractivity contribution in [3.8, 4) is 0 Å². The molecular formula is C31H36F7N3O3. The minimum atomic E-state index is -5.02. The van der Waals surface area contributed by atoms with E-state index in [0.29, 0.717) is 55.7 Å². The van der Waals surface area contributed by atoms with Crippen LogP contribution < -0.4 is 0 Å². The summed E-state index contributed by atoms with van der Waals surface area (Å²) in [5.74, 6) is -1.32. The fourth-order valence-corrected chi connectivity index (χ4v) is 6.28. The van der Waals surface area contributed by atoms with Gasteiger partial charge in [0, 0.05) is 33.2 Å². The summed E-state index contributed by atoms with van der Waals surface area (Å²) in [6.07, 6.45) is -7.35. The molecule has 4 rings (SSSR count). The highest BCUT2D eigenvalue weighted by atomic mass is 19.4. The maximum Gasteiger partial charge on any atom is 0.416 e. The van der Waals surface area contributed by atoms with Crippen molar-refractivity contribution in [1.29, 1.82) is 0 Å². The Kier molecular flexibility index (Phi) is 9.87. The zero-order valence-corrected chi connectivity index (χ0v) is 24.7. The van der Waals surface area contributed by atoms with Gasteiger partial charge in [-0.15, -0.1) is 0 Å². The lowest BCUT2D eigenvalue weighted by molar-refractivity contribution is -0.144. The van der Waals surface area contributed by atoms with Gasteiger partial charge in [0.25, 0.3) is 0 Å². The highest BCUT2D eigenvalue weighted by Crippen LogP contribution is 2.39. The van der Waals surface area contributed by atoms with Crippen LogP contribution in [0, 0.1) is 24.6 Å². The van der Waals surface area contributed by atoms with Crippen LogP contribution in [0.25, 0.3) is 0 Å². The van der Waals surface area contributed by atoms with Gasteiger partial charge in [0.05, 0.1) is 29.1 Å². The van der Waals surface area contributed by atoms with Gasteiger partial charge in [0.15, 0.2) is 0 Å². The highest BCUT2D eigenvalue weighted by Gasteiger charge is 2.40. The number of carboxylic acids is 1. The topological polar surface area (TPSA) is 64.1 Å². The molecule has 2 atom stereocenters. The summed E-state index contributed by atoms with van der Waals surface area (Å²) in [6.45, 7) is 4.82. The van der Waals surface area contributed by atoms with E-state index in [1.807, 2.05) is 0 Å². The van der Waals surface area contributed by atoms with Crippen LogP contribution >= 0.6 is 0 Å². The van der Waals surface area contributed by atoms with E-state index in [1.54, 1.807) is 13.0 Å². The molecule has 6 nitrogen and oxygen atoms in total. The Morgan fingerprint density at radius 3 is 2.07 bits per heavy atom. The van der Waals surface area contributed by atoms with Gasteiger partial charge in [-0.1, -0.05) is 6.07 Å². The summed E-state index contributed by atoms with van der Waals surface area (Å²) in [4.78, 5) is 30.1. The number of urea groups is 1. The SMILES string of the molecule is Cc1cc(F)ccc1[C@H]1CN(CC2CCC(C(=O)O)CC2)CCN1C(=O)N(C)C(C)c1cc(C(F)(F)F)cc(C(F)(F)F)c1. The molecule has 1 aliphatic heterocycles. The molecule has 44 heavy (non-hydrogen) atoms. The lowest BCUT2D eigenvalue weighted by Crippen LogP contribution is -2.54. The van der Waals surface area contributed by atoms with E-state index < -0.39 is 53.4 Å². The van der Waals surface area contributed by atoms with Crippen LogP contribution in [-0.4, -0.2) is 65.0 Å². The number of aliphatic carboxylic acids is 1. The molecule has 13 heteroatoms. The largest absolute Gasteiger partial charge is 0.481 e. The molecule has 2 amide bonds. The average molecular weight is 632 g/mol. The Bertz CT molecular complexity index is 1320. The van der Waals surface area contributed by atoms with Gasteiger partial charge >= 0.3 is 24.4 Å². The fraction of sp³-hybridized carbons (Fsp3) is 0.548. The van der Waals surface area contributed by atoms with Crippen molar-refractivity contribution in [2.75, 3.05) is 33.2 Å². The number of benzene rings is 2. The summed E-state index contributed by atoms with van der Waals surface area (Å²) < 4.78 is 95.0. The molecule has 1 aliphatic carbocycles. The normalized spacial score (nSPS) is 22.5. The smallest absolute Gasteiger partial charge is 0.416 e. The minimum absolute atomic E-state index is 0.0543. The second kappa shape index (κ2) is 12.9. The average Bonchev–Trinajstić information content (AvgIpc) is 2.95. The zero-order valence-electron chi connectivity index (χ0n) is 24.7. The number of nitrogens with zero attached hydrogens (tertiary/aromatic N) is 3. The predicted molar refractivity (Wildman–Crippen MR) is 148 cm³/mol. The number of carboxylic acid groups (broad SMARTS) is 1. The van der Waals surface area contributed by atoms with Crippen LogP contribution in [0.1, 0.15) is 72.5 Å². The summed E-state index contributed by atoms with van der Waals surface area (Å²) >= 11 is 0. The number of alkyl halides is 6. The summed E-state index contributed by atoms with van der Waals surface area (Å²) in [7, 11) is 1.34. The summed E-state index contributed by atoms with van der Waals surface area (Å²) in [5.41, 5.74) is -1.95. The molecule has 2 aliphatic rings. The first-order chi connectivity index (χ1) is 20.5. The third-order valence-electron chi connectivity index (χ3n) is 8.99. The number of halogens is 7. The molecule has 242 valence electrons. The molecule has 2 aromatic rings. The lowest BCUT2D eigenvalue weighted by atomic mass is 9.81. The Labute approximate surface area is 251 Å². The zero-order chi connectivity index (χ0) is 32.6. The summed E-state index contributed by atoms with van der Waals surface area (Å²) in [6, 6.07) is 3.24. The number of rotatable bonds is 6. The predicted octanol–water partition coefficient (Wildman–Crippen LogP) is 7.53. The van der Waals surface area contributed by atoms with Crippen molar-refractivity contribution in [3.05, 3.63) is 70.0 Å². The molecule has 0 spiro atoms. The number of hydrogen-bond acceptors (Lipinski definition) is 3. The first-order valence-electron chi connectivity index (χ1n) is 14.5. The van der Waals surface area contributed by atoms with Gasteiger partial charge in [-0.3, -0.25) is 9.69 Å². The van der Waals surface area contributed by atoms with Gasteiger partial charge in [-0.05, 0) is 92.5 Å². The van der Waals surface area contributed by atoms with Crippen molar-refractivity contribution in [3.63, 3.8) is 0 Å². The van der Waals surface area contributed by atoms with Gasteiger partial charge in [-0.25, -0.2) is 9.18 Å². The molecule has 2 fully saturated rings. The van der Waals surface area contributed by atoms with Crippen molar-refractivity contribution >= 4 is 12.0 Å². The van der Waals surface area contributed by atoms with Gasteiger partial charge < -0.3 is 14.9 Å². The van der Waals surface area contributed by atoms with Crippen molar-refractivity contribution in [2.24, 2.45) is 11.8 Å². The molecule has 1 heterocycles. The van der Waals surface area contributed by atoms with E-state index in [2.05, 4.69) is 4.90 Å². The quantitative estimate of drug-likeness (QED) is 0.335. The van der Waals surface area contributed by atoms with Crippen LogP contribution in [0.4, 0.5) is 35.5 Å². The van der Waals surface area contributed by atoms with E-state index in [-0.39, 0.29) is 30.0 Å². The minimum Gasteiger partial charge on any atom is -0.481 e. The van der Waals surface area contributed by atoms with E-state index in [0.717, 1.165) is 17.7 Å². The maximum atomic E-state index is 14.0. The first kappa shape index (κ1) is 33.5. The number of carbonyl (C=O) groups is 2. The molecule has 1 N–H and O–H groups in total. The third kappa shape index (κ3) is 7.65. The van der Waals surface area contributed by atoms with Crippen LogP contribution in [0.3, 0.4) is 0 Å². The monoisotopic (exact) mass is 631 g/mol. The van der Waals surface area contributed by atoms with E-state index >= 15 is 0 Å².